The van der Waals surface area contributed by atoms with Gasteiger partial charge in [-0.1, -0.05) is 31.5 Å². The van der Waals surface area contributed by atoms with E-state index in [1.165, 1.54) is 0 Å². The number of benzene rings is 1. The van der Waals surface area contributed by atoms with Gasteiger partial charge < -0.3 is 10.4 Å². The summed E-state index contributed by atoms with van der Waals surface area (Å²) in [6.07, 6.45) is 0.800. The maximum absolute atomic E-state index is 11.9. The highest BCUT2D eigenvalue weighted by Gasteiger charge is 2.34. The van der Waals surface area contributed by atoms with Crippen LogP contribution < -0.4 is 10.6 Å². The first kappa shape index (κ1) is 17.5. The van der Waals surface area contributed by atoms with Gasteiger partial charge in [0.25, 0.3) is 0 Å². The first-order chi connectivity index (χ1) is 9.84. The van der Waals surface area contributed by atoms with Crippen LogP contribution in [-0.2, 0) is 9.59 Å². The number of nitrogens with one attached hydrogen (secondary N) is 2. The van der Waals surface area contributed by atoms with Crippen molar-refractivity contribution >= 4 is 29.2 Å². The number of amides is 1. The molecule has 6 heteroatoms. The van der Waals surface area contributed by atoms with Gasteiger partial charge in [-0.2, -0.15) is 0 Å². The highest BCUT2D eigenvalue weighted by molar-refractivity contribution is 6.33. The fraction of sp³-hybridized carbons (Fsp3) is 0.467. The van der Waals surface area contributed by atoms with Crippen molar-refractivity contribution < 1.29 is 14.7 Å². The van der Waals surface area contributed by atoms with Crippen LogP contribution in [0, 0.1) is 6.92 Å². The van der Waals surface area contributed by atoms with E-state index in [2.05, 4.69) is 10.6 Å². The second kappa shape index (κ2) is 7.43. The molecule has 0 unspecified atom stereocenters. The second-order valence-corrected chi connectivity index (χ2v) is 5.39. The minimum absolute atomic E-state index is 0.0851. The lowest BCUT2D eigenvalue weighted by atomic mass is 9.93. The van der Waals surface area contributed by atoms with E-state index in [0.717, 1.165) is 5.56 Å². The third-order valence-electron chi connectivity index (χ3n) is 3.60. The van der Waals surface area contributed by atoms with Gasteiger partial charge in [0.2, 0.25) is 5.91 Å². The molecule has 1 amide bonds. The molecule has 1 rings (SSSR count). The summed E-state index contributed by atoms with van der Waals surface area (Å²) < 4.78 is 0. The molecule has 1 aromatic carbocycles. The number of aryl methyl sites for hydroxylation is 1. The van der Waals surface area contributed by atoms with Gasteiger partial charge in [0.05, 0.1) is 17.3 Å². The minimum atomic E-state index is -1.07. The van der Waals surface area contributed by atoms with Crippen molar-refractivity contribution in [2.24, 2.45) is 0 Å². The molecule has 0 bridgehead atoms. The van der Waals surface area contributed by atoms with E-state index in [0.29, 0.717) is 23.6 Å². The van der Waals surface area contributed by atoms with Gasteiger partial charge in [-0.25, -0.2) is 0 Å². The van der Waals surface area contributed by atoms with Crippen LogP contribution in [-0.4, -0.2) is 29.1 Å². The number of anilines is 1. The van der Waals surface area contributed by atoms with Crippen LogP contribution in [0.25, 0.3) is 0 Å². The Morgan fingerprint density at radius 3 is 2.38 bits per heavy atom. The van der Waals surface area contributed by atoms with Crippen molar-refractivity contribution in [3.05, 3.63) is 28.8 Å². The second-order valence-electron chi connectivity index (χ2n) is 4.98. The molecule has 0 aromatic heterocycles. The quantitative estimate of drug-likeness (QED) is 0.723. The van der Waals surface area contributed by atoms with E-state index < -0.39 is 11.5 Å². The molecule has 0 aliphatic carbocycles. The molecule has 0 radical (unpaired) electrons. The Morgan fingerprint density at radius 1 is 1.29 bits per heavy atom. The van der Waals surface area contributed by atoms with Crippen molar-refractivity contribution in [1.82, 2.24) is 5.32 Å². The zero-order valence-electron chi connectivity index (χ0n) is 12.5. The number of carbonyl (C=O) groups is 2. The first-order valence-electron chi connectivity index (χ1n) is 6.89. The zero-order chi connectivity index (χ0) is 16.0. The summed E-state index contributed by atoms with van der Waals surface area (Å²) in [7, 11) is 0. The highest BCUT2D eigenvalue weighted by Crippen LogP contribution is 2.22. The molecule has 3 N–H and O–H groups in total. The topological polar surface area (TPSA) is 78.4 Å². The molecule has 0 heterocycles. The predicted molar refractivity (Wildman–Crippen MR) is 83.8 cm³/mol. The van der Waals surface area contributed by atoms with Crippen LogP contribution in [0.15, 0.2) is 18.2 Å². The van der Waals surface area contributed by atoms with Crippen molar-refractivity contribution in [3.63, 3.8) is 0 Å². The summed E-state index contributed by atoms with van der Waals surface area (Å²) in [5.74, 6) is -1.28. The Kier molecular flexibility index (Phi) is 6.18. The Morgan fingerprint density at radius 2 is 1.90 bits per heavy atom. The Hall–Kier alpha value is -1.59. The fourth-order valence-corrected chi connectivity index (χ4v) is 2.33. The number of carboxylic acid groups (broad SMARTS) is 1. The van der Waals surface area contributed by atoms with Gasteiger partial charge in [-0.15, -0.1) is 0 Å². The largest absolute Gasteiger partial charge is 0.480 e. The molecule has 5 nitrogen and oxygen atoms in total. The SMILES string of the molecule is CCC(CC)(NCC(=O)Nc1ccc(C)cc1Cl)C(=O)O. The first-order valence-corrected chi connectivity index (χ1v) is 7.27. The van der Waals surface area contributed by atoms with Gasteiger partial charge in [0, 0.05) is 0 Å². The summed E-state index contributed by atoms with van der Waals surface area (Å²) in [6.45, 7) is 5.37. The van der Waals surface area contributed by atoms with Crippen molar-refractivity contribution in [3.8, 4) is 0 Å². The van der Waals surface area contributed by atoms with E-state index in [1.807, 2.05) is 13.0 Å². The predicted octanol–water partition coefficient (Wildman–Crippen LogP) is 2.82. The fourth-order valence-electron chi connectivity index (χ4n) is 2.04. The summed E-state index contributed by atoms with van der Waals surface area (Å²) in [5, 5.41) is 15.2. The number of aliphatic carboxylic acids is 1. The molecule has 0 aliphatic heterocycles. The Labute approximate surface area is 129 Å². The summed E-state index contributed by atoms with van der Waals surface area (Å²) in [6, 6.07) is 5.32. The Bertz CT molecular complexity index is 528. The van der Waals surface area contributed by atoms with Crippen LogP contribution in [0.3, 0.4) is 0 Å². The zero-order valence-corrected chi connectivity index (χ0v) is 13.3. The van der Waals surface area contributed by atoms with E-state index in [1.54, 1.807) is 26.0 Å². The highest BCUT2D eigenvalue weighted by atomic mass is 35.5. The van der Waals surface area contributed by atoms with Gasteiger partial charge in [0.1, 0.15) is 5.54 Å². The molecule has 0 aliphatic rings. The van der Waals surface area contributed by atoms with Crippen LogP contribution in [0.2, 0.25) is 5.02 Å². The van der Waals surface area contributed by atoms with Crippen LogP contribution >= 0.6 is 11.6 Å². The number of carbonyl (C=O) groups excluding carboxylic acids is 1. The molecule has 1 aromatic rings. The third-order valence-corrected chi connectivity index (χ3v) is 3.92. The molecule has 0 atom stereocenters. The monoisotopic (exact) mass is 312 g/mol. The normalized spacial score (nSPS) is 11.2. The van der Waals surface area contributed by atoms with Gasteiger partial charge in [0.15, 0.2) is 0 Å². The van der Waals surface area contributed by atoms with E-state index in [9.17, 15) is 14.7 Å². The lowest BCUT2D eigenvalue weighted by molar-refractivity contribution is -0.145. The van der Waals surface area contributed by atoms with Crippen molar-refractivity contribution in [2.75, 3.05) is 11.9 Å². The lowest BCUT2D eigenvalue weighted by Crippen LogP contribution is -2.53. The van der Waals surface area contributed by atoms with E-state index >= 15 is 0 Å². The third kappa shape index (κ3) is 4.44. The molecule has 0 saturated heterocycles. The number of carboxylic acids is 1. The summed E-state index contributed by atoms with van der Waals surface area (Å²) in [5.41, 5.74) is 0.440. The average Bonchev–Trinajstić information content (AvgIpc) is 2.43. The van der Waals surface area contributed by atoms with Gasteiger partial charge in [-0.05, 0) is 37.5 Å². The summed E-state index contributed by atoms with van der Waals surface area (Å²) >= 11 is 6.04. The smallest absolute Gasteiger partial charge is 0.323 e. The van der Waals surface area contributed by atoms with Crippen LogP contribution in [0.4, 0.5) is 5.69 Å². The van der Waals surface area contributed by atoms with Crippen LogP contribution in [0.1, 0.15) is 32.3 Å². The number of hydrogen-bond acceptors (Lipinski definition) is 3. The standard InChI is InChI=1S/C15H21ClN2O3/c1-4-15(5-2,14(20)21)17-9-13(19)18-12-7-6-10(3)8-11(12)16/h6-8,17H,4-5,9H2,1-3H3,(H,18,19)(H,20,21). The van der Waals surface area contributed by atoms with Crippen molar-refractivity contribution in [1.29, 1.82) is 0 Å². The summed E-state index contributed by atoms with van der Waals surface area (Å²) in [4.78, 5) is 23.3. The van der Waals surface area contributed by atoms with Crippen molar-refractivity contribution in [2.45, 2.75) is 39.2 Å². The van der Waals surface area contributed by atoms with E-state index in [-0.39, 0.29) is 12.5 Å². The number of halogens is 1. The molecule has 0 fully saturated rings. The minimum Gasteiger partial charge on any atom is -0.480 e. The molecule has 0 spiro atoms. The molecule has 0 saturated carbocycles. The number of rotatable bonds is 7. The Balaban J connectivity index is 2.67. The molecule has 21 heavy (non-hydrogen) atoms. The maximum atomic E-state index is 11.9. The number of hydrogen-bond donors (Lipinski definition) is 3. The lowest BCUT2D eigenvalue weighted by Gasteiger charge is -2.27. The molecule has 116 valence electrons. The van der Waals surface area contributed by atoms with Crippen LogP contribution in [0.5, 0.6) is 0 Å². The van der Waals surface area contributed by atoms with E-state index in [4.69, 9.17) is 11.6 Å². The average molecular weight is 313 g/mol. The maximum Gasteiger partial charge on any atom is 0.323 e. The van der Waals surface area contributed by atoms with Gasteiger partial charge >= 0.3 is 5.97 Å². The molecular weight excluding hydrogens is 292 g/mol. The van der Waals surface area contributed by atoms with Gasteiger partial charge in [-0.3, -0.25) is 14.9 Å². The molecular formula is C15H21ClN2O3.